The Bertz CT molecular complexity index is 396. The lowest BCUT2D eigenvalue weighted by atomic mass is 10.0. The minimum absolute atomic E-state index is 0.00926. The standard InChI is InChI=1S/C9H8ClF2NO2/c1-4-8(9(11)12)5(3-7(14)15)2-6(10)13-4/h2,9H,3H2,1H3,(H,14,15). The number of carbonyl (C=O) groups is 1. The number of hydrogen-bond acceptors (Lipinski definition) is 2. The zero-order valence-electron chi connectivity index (χ0n) is 7.80. The number of alkyl halides is 2. The van der Waals surface area contributed by atoms with Crippen LogP contribution in [0.15, 0.2) is 6.07 Å². The predicted octanol–water partition coefficient (Wildman–Crippen LogP) is 2.61. The number of carboxylic acid groups (broad SMARTS) is 1. The van der Waals surface area contributed by atoms with Gasteiger partial charge in [-0.3, -0.25) is 4.79 Å². The number of aliphatic carboxylic acids is 1. The van der Waals surface area contributed by atoms with Crippen molar-refractivity contribution in [3.05, 3.63) is 28.0 Å². The first-order valence-corrected chi connectivity index (χ1v) is 4.45. The predicted molar refractivity (Wildman–Crippen MR) is 50.3 cm³/mol. The Morgan fingerprint density at radius 3 is 2.73 bits per heavy atom. The molecule has 0 unspecified atom stereocenters. The summed E-state index contributed by atoms with van der Waals surface area (Å²) in [6, 6.07) is 1.16. The van der Waals surface area contributed by atoms with Gasteiger partial charge >= 0.3 is 5.97 Å². The fourth-order valence-electron chi connectivity index (χ4n) is 1.31. The number of carboxylic acids is 1. The van der Waals surface area contributed by atoms with E-state index in [1.807, 2.05) is 0 Å². The van der Waals surface area contributed by atoms with Crippen molar-refractivity contribution in [2.45, 2.75) is 19.8 Å². The van der Waals surface area contributed by atoms with Crippen LogP contribution in [0.1, 0.15) is 23.2 Å². The molecule has 0 amide bonds. The third kappa shape index (κ3) is 2.86. The van der Waals surface area contributed by atoms with E-state index in [0.717, 1.165) is 6.07 Å². The molecule has 1 rings (SSSR count). The average Bonchev–Trinajstić information content (AvgIpc) is 1.99. The molecule has 0 aliphatic rings. The van der Waals surface area contributed by atoms with Crippen LogP contribution in [0.5, 0.6) is 0 Å². The summed E-state index contributed by atoms with van der Waals surface area (Å²) < 4.78 is 25.2. The maximum Gasteiger partial charge on any atom is 0.307 e. The van der Waals surface area contributed by atoms with Crippen LogP contribution in [0, 0.1) is 6.92 Å². The number of halogens is 3. The number of rotatable bonds is 3. The third-order valence-corrected chi connectivity index (χ3v) is 2.06. The molecule has 82 valence electrons. The van der Waals surface area contributed by atoms with Crippen molar-refractivity contribution in [2.24, 2.45) is 0 Å². The minimum atomic E-state index is -2.75. The van der Waals surface area contributed by atoms with Gasteiger partial charge in [-0.1, -0.05) is 11.6 Å². The normalized spacial score (nSPS) is 10.7. The lowest BCUT2D eigenvalue weighted by Crippen LogP contribution is -2.07. The van der Waals surface area contributed by atoms with E-state index in [0.29, 0.717) is 0 Å². The second-order valence-electron chi connectivity index (χ2n) is 2.97. The van der Waals surface area contributed by atoms with Crippen molar-refractivity contribution in [3.63, 3.8) is 0 Å². The Balaban J connectivity index is 3.26. The highest BCUT2D eigenvalue weighted by atomic mass is 35.5. The van der Waals surface area contributed by atoms with Crippen molar-refractivity contribution in [1.29, 1.82) is 0 Å². The van der Waals surface area contributed by atoms with Crippen LogP contribution >= 0.6 is 11.6 Å². The molecule has 0 atom stereocenters. The molecule has 1 aromatic rings. The number of hydrogen-bond donors (Lipinski definition) is 1. The van der Waals surface area contributed by atoms with Crippen LogP contribution in [-0.4, -0.2) is 16.1 Å². The van der Waals surface area contributed by atoms with E-state index in [-0.39, 0.29) is 22.0 Å². The van der Waals surface area contributed by atoms with E-state index in [1.54, 1.807) is 0 Å². The molecular weight excluding hydrogens is 228 g/mol. The van der Waals surface area contributed by atoms with E-state index in [4.69, 9.17) is 16.7 Å². The first kappa shape index (κ1) is 11.8. The van der Waals surface area contributed by atoms with E-state index >= 15 is 0 Å². The summed E-state index contributed by atoms with van der Waals surface area (Å²) in [5, 5.41) is 8.57. The minimum Gasteiger partial charge on any atom is -0.481 e. The Labute approximate surface area is 89.7 Å². The van der Waals surface area contributed by atoms with Gasteiger partial charge in [0.2, 0.25) is 0 Å². The number of nitrogens with zero attached hydrogens (tertiary/aromatic N) is 1. The van der Waals surface area contributed by atoms with Gasteiger partial charge < -0.3 is 5.11 Å². The first-order chi connectivity index (χ1) is 6.91. The van der Waals surface area contributed by atoms with Crippen LogP contribution in [-0.2, 0) is 11.2 Å². The summed E-state index contributed by atoms with van der Waals surface area (Å²) in [5.74, 6) is -1.18. The van der Waals surface area contributed by atoms with Gasteiger partial charge in [0.05, 0.1) is 6.42 Å². The van der Waals surface area contributed by atoms with Crippen molar-refractivity contribution >= 4 is 17.6 Å². The molecule has 0 radical (unpaired) electrons. The summed E-state index contributed by atoms with van der Waals surface area (Å²) in [5.41, 5.74) is -0.273. The highest BCUT2D eigenvalue weighted by Crippen LogP contribution is 2.27. The summed E-state index contributed by atoms with van der Waals surface area (Å²) in [6.07, 6.45) is -3.23. The largest absolute Gasteiger partial charge is 0.481 e. The molecule has 0 spiro atoms. The number of aryl methyl sites for hydroxylation is 1. The van der Waals surface area contributed by atoms with E-state index in [1.165, 1.54) is 6.92 Å². The molecule has 0 bridgehead atoms. The van der Waals surface area contributed by atoms with Gasteiger partial charge in [0.15, 0.2) is 0 Å². The van der Waals surface area contributed by atoms with Gasteiger partial charge in [-0.05, 0) is 18.6 Å². The van der Waals surface area contributed by atoms with Gasteiger partial charge in [-0.2, -0.15) is 0 Å². The molecular formula is C9H8ClF2NO2. The van der Waals surface area contributed by atoms with Gasteiger partial charge in [0, 0.05) is 11.3 Å². The quantitative estimate of drug-likeness (QED) is 0.820. The monoisotopic (exact) mass is 235 g/mol. The van der Waals surface area contributed by atoms with Gasteiger partial charge in [-0.25, -0.2) is 13.8 Å². The molecule has 0 aliphatic carbocycles. The zero-order chi connectivity index (χ0) is 11.6. The summed E-state index contributed by atoms with van der Waals surface area (Å²) in [4.78, 5) is 14.1. The number of aromatic nitrogens is 1. The van der Waals surface area contributed by atoms with Gasteiger partial charge in [-0.15, -0.1) is 0 Å². The van der Waals surface area contributed by atoms with Crippen molar-refractivity contribution in [2.75, 3.05) is 0 Å². The summed E-state index contributed by atoms with van der Waals surface area (Å²) >= 11 is 5.56. The SMILES string of the molecule is Cc1nc(Cl)cc(CC(=O)O)c1C(F)F. The Morgan fingerprint density at radius 2 is 2.27 bits per heavy atom. The second kappa shape index (κ2) is 4.53. The van der Waals surface area contributed by atoms with Crippen LogP contribution in [0.25, 0.3) is 0 Å². The van der Waals surface area contributed by atoms with Crippen molar-refractivity contribution in [1.82, 2.24) is 4.98 Å². The highest BCUT2D eigenvalue weighted by molar-refractivity contribution is 6.29. The van der Waals surface area contributed by atoms with Crippen LogP contribution in [0.2, 0.25) is 5.15 Å². The van der Waals surface area contributed by atoms with Crippen LogP contribution in [0.4, 0.5) is 8.78 Å². The lowest BCUT2D eigenvalue weighted by molar-refractivity contribution is -0.136. The van der Waals surface area contributed by atoms with E-state index < -0.39 is 18.8 Å². The average molecular weight is 236 g/mol. The maximum absolute atomic E-state index is 12.6. The molecule has 15 heavy (non-hydrogen) atoms. The highest BCUT2D eigenvalue weighted by Gasteiger charge is 2.19. The molecule has 6 heteroatoms. The molecule has 3 nitrogen and oxygen atoms in total. The molecule has 0 fully saturated rings. The van der Waals surface area contributed by atoms with Crippen LogP contribution in [0.3, 0.4) is 0 Å². The molecule has 0 saturated carbocycles. The van der Waals surface area contributed by atoms with Crippen molar-refractivity contribution in [3.8, 4) is 0 Å². The van der Waals surface area contributed by atoms with E-state index in [2.05, 4.69) is 4.98 Å². The third-order valence-electron chi connectivity index (χ3n) is 1.86. The number of pyridine rings is 1. The topological polar surface area (TPSA) is 50.2 Å². The lowest BCUT2D eigenvalue weighted by Gasteiger charge is -2.10. The Kier molecular flexibility index (Phi) is 3.57. The van der Waals surface area contributed by atoms with Gasteiger partial charge in [0.1, 0.15) is 5.15 Å². The molecule has 0 saturated heterocycles. The second-order valence-corrected chi connectivity index (χ2v) is 3.36. The molecule has 1 heterocycles. The smallest absolute Gasteiger partial charge is 0.307 e. The summed E-state index contributed by atoms with van der Waals surface area (Å²) in [6.45, 7) is 1.37. The van der Waals surface area contributed by atoms with Crippen LogP contribution < -0.4 is 0 Å². The maximum atomic E-state index is 12.6. The first-order valence-electron chi connectivity index (χ1n) is 4.07. The van der Waals surface area contributed by atoms with Gasteiger partial charge in [0.25, 0.3) is 6.43 Å². The molecule has 1 aromatic heterocycles. The molecule has 0 aromatic carbocycles. The summed E-state index contributed by atoms with van der Waals surface area (Å²) in [7, 11) is 0. The Hall–Kier alpha value is -1.23. The fraction of sp³-hybridized carbons (Fsp3) is 0.333. The zero-order valence-corrected chi connectivity index (χ0v) is 8.55. The molecule has 1 N–H and O–H groups in total. The Morgan fingerprint density at radius 1 is 1.67 bits per heavy atom. The van der Waals surface area contributed by atoms with Crippen molar-refractivity contribution < 1.29 is 18.7 Å². The van der Waals surface area contributed by atoms with E-state index in [9.17, 15) is 13.6 Å². The molecule has 0 aliphatic heterocycles. The fourth-order valence-corrected chi connectivity index (χ4v) is 1.57.